The highest BCUT2D eigenvalue weighted by Gasteiger charge is 2.26. The van der Waals surface area contributed by atoms with Crippen molar-refractivity contribution >= 4 is 34.9 Å². The van der Waals surface area contributed by atoms with Crippen LogP contribution in [0.1, 0.15) is 62.4 Å². The minimum Gasteiger partial charge on any atom is -0.356 e. The van der Waals surface area contributed by atoms with Crippen LogP contribution in [0, 0.1) is 11.8 Å². The Hall–Kier alpha value is -3.16. The summed E-state index contributed by atoms with van der Waals surface area (Å²) in [6.07, 6.45) is 8.01. The molecule has 0 radical (unpaired) electrons. The molecule has 33 heavy (non-hydrogen) atoms. The van der Waals surface area contributed by atoms with Crippen molar-refractivity contribution in [2.24, 2.45) is 11.8 Å². The number of benzene rings is 1. The normalized spacial score (nSPS) is 19.2. The highest BCUT2D eigenvalue weighted by atomic mass is 16.2. The number of amides is 3. The van der Waals surface area contributed by atoms with Gasteiger partial charge in [0.05, 0.1) is 6.54 Å². The van der Waals surface area contributed by atoms with Gasteiger partial charge in [0.25, 0.3) is 5.91 Å². The molecule has 2 unspecified atom stereocenters. The maximum atomic E-state index is 12.7. The fraction of sp³-hybridized carbons (Fsp3) is 0.520. The van der Waals surface area contributed by atoms with Gasteiger partial charge >= 0.3 is 0 Å². The smallest absolute Gasteiger partial charge is 0.268 e. The van der Waals surface area contributed by atoms with E-state index >= 15 is 0 Å². The molecule has 1 aromatic carbocycles. The van der Waals surface area contributed by atoms with Crippen molar-refractivity contribution in [3.63, 3.8) is 0 Å². The van der Waals surface area contributed by atoms with E-state index in [9.17, 15) is 19.2 Å². The minimum atomic E-state index is -0.628. The molecular formula is C25H34N4O4. The van der Waals surface area contributed by atoms with Crippen molar-refractivity contribution in [3.8, 4) is 0 Å². The highest BCUT2D eigenvalue weighted by molar-refractivity contribution is 6.00. The van der Waals surface area contributed by atoms with E-state index < -0.39 is 6.04 Å². The first-order valence-electron chi connectivity index (χ1n) is 11.9. The maximum Gasteiger partial charge on any atom is 0.268 e. The molecule has 0 spiro atoms. The number of H-pyrrole nitrogens is 1. The molecule has 8 nitrogen and oxygen atoms in total. The van der Waals surface area contributed by atoms with Crippen LogP contribution in [-0.4, -0.2) is 48.1 Å². The minimum absolute atomic E-state index is 0.0394. The van der Waals surface area contributed by atoms with Gasteiger partial charge in [0.1, 0.15) is 18.0 Å². The van der Waals surface area contributed by atoms with Crippen molar-refractivity contribution < 1.29 is 19.2 Å². The Kier molecular flexibility index (Phi) is 9.04. The number of fused-ring (bicyclic) bond motifs is 1. The van der Waals surface area contributed by atoms with Gasteiger partial charge in [-0.3, -0.25) is 14.4 Å². The molecule has 178 valence electrons. The Labute approximate surface area is 194 Å². The number of rotatable bonds is 7. The Bertz CT molecular complexity index is 931. The van der Waals surface area contributed by atoms with E-state index in [1.807, 2.05) is 31.2 Å². The van der Waals surface area contributed by atoms with E-state index in [2.05, 4.69) is 20.9 Å². The summed E-state index contributed by atoms with van der Waals surface area (Å²) in [5, 5.41) is 9.11. The molecule has 4 N–H and O–H groups in total. The summed E-state index contributed by atoms with van der Waals surface area (Å²) in [4.78, 5) is 49.2. The van der Waals surface area contributed by atoms with Crippen molar-refractivity contribution in [3.05, 3.63) is 36.0 Å². The van der Waals surface area contributed by atoms with Gasteiger partial charge in [-0.2, -0.15) is 0 Å². The fourth-order valence-electron chi connectivity index (χ4n) is 4.40. The molecule has 2 aromatic rings. The van der Waals surface area contributed by atoms with E-state index in [0.717, 1.165) is 36.7 Å². The average molecular weight is 455 g/mol. The van der Waals surface area contributed by atoms with Crippen LogP contribution < -0.4 is 16.0 Å². The molecular weight excluding hydrogens is 420 g/mol. The summed E-state index contributed by atoms with van der Waals surface area (Å²) in [6, 6.07) is 8.81. The molecule has 2 atom stereocenters. The maximum absolute atomic E-state index is 12.7. The standard InChI is InChI=1S/C20H25N3O3.C5H9NO/c24-11-10-21-19(25)17(12-14-6-2-1-3-7-14)23-20(26)18-13-15-8-4-5-9-16(15)22-18;1-4-2-3-6-5(4)7/h4-5,8-9,11,13-14,17,22H,1-3,6-7,10,12H2,(H,21,25)(H,23,26);4H,2-3H2,1H3,(H,6,7). The van der Waals surface area contributed by atoms with Crippen LogP contribution >= 0.6 is 0 Å². The van der Waals surface area contributed by atoms with Crippen LogP contribution in [0.15, 0.2) is 30.3 Å². The number of carbonyl (C=O) groups is 4. The number of hydrogen-bond acceptors (Lipinski definition) is 4. The number of aldehydes is 1. The molecule has 2 aliphatic rings. The second kappa shape index (κ2) is 12.2. The Balaban J connectivity index is 0.000000374. The molecule has 3 amide bonds. The number of aromatic nitrogens is 1. The summed E-state index contributed by atoms with van der Waals surface area (Å²) in [6.45, 7) is 2.78. The molecule has 1 aliphatic heterocycles. The zero-order valence-electron chi connectivity index (χ0n) is 19.2. The van der Waals surface area contributed by atoms with Crippen molar-refractivity contribution in [2.75, 3.05) is 13.1 Å². The van der Waals surface area contributed by atoms with Gasteiger partial charge in [0.15, 0.2) is 0 Å². The second-order valence-corrected chi connectivity index (χ2v) is 8.93. The molecule has 4 rings (SSSR count). The van der Waals surface area contributed by atoms with Crippen molar-refractivity contribution in [1.82, 2.24) is 20.9 Å². The number of para-hydroxylation sites is 1. The lowest BCUT2D eigenvalue weighted by molar-refractivity contribution is -0.124. The summed E-state index contributed by atoms with van der Waals surface area (Å²) in [5.41, 5.74) is 1.31. The molecule has 1 saturated carbocycles. The fourth-order valence-corrected chi connectivity index (χ4v) is 4.40. The first-order chi connectivity index (χ1) is 16.0. The second-order valence-electron chi connectivity index (χ2n) is 8.93. The Morgan fingerprint density at radius 2 is 1.91 bits per heavy atom. The van der Waals surface area contributed by atoms with E-state index in [-0.39, 0.29) is 30.2 Å². The molecule has 2 heterocycles. The largest absolute Gasteiger partial charge is 0.356 e. The summed E-state index contributed by atoms with van der Waals surface area (Å²) >= 11 is 0. The van der Waals surface area contributed by atoms with Crippen LogP contribution in [0.5, 0.6) is 0 Å². The third kappa shape index (κ3) is 7.17. The first-order valence-corrected chi connectivity index (χ1v) is 11.9. The first kappa shape index (κ1) is 24.5. The predicted molar refractivity (Wildman–Crippen MR) is 127 cm³/mol. The van der Waals surface area contributed by atoms with Gasteiger partial charge in [0, 0.05) is 23.4 Å². The lowest BCUT2D eigenvalue weighted by atomic mass is 9.84. The molecule has 1 saturated heterocycles. The topological polar surface area (TPSA) is 120 Å². The van der Waals surface area contributed by atoms with Gasteiger partial charge in [0.2, 0.25) is 11.8 Å². The molecule has 1 aliphatic carbocycles. The quantitative estimate of drug-likeness (QED) is 0.481. The zero-order valence-corrected chi connectivity index (χ0v) is 19.2. The molecule has 2 fully saturated rings. The lowest BCUT2D eigenvalue weighted by Crippen LogP contribution is -2.48. The molecule has 8 heteroatoms. The molecule has 0 bridgehead atoms. The number of carbonyl (C=O) groups excluding carboxylic acids is 4. The predicted octanol–water partition coefficient (Wildman–Crippen LogP) is 2.69. The third-order valence-electron chi connectivity index (χ3n) is 6.37. The van der Waals surface area contributed by atoms with Crippen LogP contribution in [-0.2, 0) is 14.4 Å². The Morgan fingerprint density at radius 3 is 2.52 bits per heavy atom. The summed E-state index contributed by atoms with van der Waals surface area (Å²) < 4.78 is 0. The van der Waals surface area contributed by atoms with Gasteiger partial charge in [-0.1, -0.05) is 57.2 Å². The van der Waals surface area contributed by atoms with E-state index in [0.29, 0.717) is 24.3 Å². The number of hydrogen-bond donors (Lipinski definition) is 4. The number of aromatic amines is 1. The van der Waals surface area contributed by atoms with Crippen LogP contribution in [0.3, 0.4) is 0 Å². The van der Waals surface area contributed by atoms with Gasteiger partial charge in [-0.15, -0.1) is 0 Å². The number of nitrogens with one attached hydrogen (secondary N) is 4. The van der Waals surface area contributed by atoms with Gasteiger partial charge in [-0.25, -0.2) is 0 Å². The van der Waals surface area contributed by atoms with E-state index in [1.165, 1.54) is 19.3 Å². The van der Waals surface area contributed by atoms with Gasteiger partial charge in [-0.05, 0) is 30.9 Å². The van der Waals surface area contributed by atoms with Gasteiger partial charge < -0.3 is 25.7 Å². The Morgan fingerprint density at radius 1 is 1.15 bits per heavy atom. The van der Waals surface area contributed by atoms with Crippen molar-refractivity contribution in [1.29, 1.82) is 0 Å². The third-order valence-corrected chi connectivity index (χ3v) is 6.37. The summed E-state index contributed by atoms with van der Waals surface area (Å²) in [7, 11) is 0. The highest BCUT2D eigenvalue weighted by Crippen LogP contribution is 2.27. The van der Waals surface area contributed by atoms with Crippen LogP contribution in [0.25, 0.3) is 10.9 Å². The monoisotopic (exact) mass is 454 g/mol. The lowest BCUT2D eigenvalue weighted by Gasteiger charge is -2.26. The molecule has 1 aromatic heterocycles. The average Bonchev–Trinajstić information content (AvgIpc) is 3.43. The van der Waals surface area contributed by atoms with Crippen molar-refractivity contribution in [2.45, 2.75) is 57.9 Å². The van der Waals surface area contributed by atoms with E-state index in [1.54, 1.807) is 6.07 Å². The van der Waals surface area contributed by atoms with E-state index in [4.69, 9.17) is 0 Å². The summed E-state index contributed by atoms with van der Waals surface area (Å²) in [5.74, 6) is 0.300. The SMILES string of the molecule is CC1CCNC1=O.O=CCNC(=O)C(CC1CCCCC1)NC(=O)c1cc2ccccc2[nH]1. The van der Waals surface area contributed by atoms with Crippen LogP contribution in [0.2, 0.25) is 0 Å². The zero-order chi connectivity index (χ0) is 23.6. The van der Waals surface area contributed by atoms with Crippen LogP contribution in [0.4, 0.5) is 0 Å².